The van der Waals surface area contributed by atoms with Crippen LogP contribution in [0, 0.1) is 12.8 Å². The standard InChI is InChI=1S/C13H21N3O3/c1-9-6-12(19-16-9)7-14-13(17)15-10(2)11-4-3-5-18-8-11/h6,10-11H,3-5,7-8H2,1-2H3,(H2,14,15,17). The molecule has 1 aromatic rings. The number of rotatable bonds is 4. The molecule has 0 saturated carbocycles. The minimum Gasteiger partial charge on any atom is -0.381 e. The normalized spacial score (nSPS) is 20.8. The van der Waals surface area contributed by atoms with Crippen LogP contribution in [0.5, 0.6) is 0 Å². The summed E-state index contributed by atoms with van der Waals surface area (Å²) in [6, 6.07) is 1.72. The Morgan fingerprint density at radius 1 is 1.63 bits per heavy atom. The highest BCUT2D eigenvalue weighted by Crippen LogP contribution is 2.17. The van der Waals surface area contributed by atoms with Crippen LogP contribution in [0.1, 0.15) is 31.2 Å². The Hall–Kier alpha value is -1.56. The quantitative estimate of drug-likeness (QED) is 0.868. The Morgan fingerprint density at radius 3 is 3.11 bits per heavy atom. The molecular weight excluding hydrogens is 246 g/mol. The molecule has 1 aromatic heterocycles. The van der Waals surface area contributed by atoms with E-state index in [0.717, 1.165) is 31.7 Å². The number of hydrogen-bond donors (Lipinski definition) is 2. The highest BCUT2D eigenvalue weighted by atomic mass is 16.5. The highest BCUT2D eigenvalue weighted by molar-refractivity contribution is 5.74. The maximum atomic E-state index is 11.8. The van der Waals surface area contributed by atoms with Crippen molar-refractivity contribution in [2.45, 2.75) is 39.3 Å². The van der Waals surface area contributed by atoms with Gasteiger partial charge in [0.1, 0.15) is 0 Å². The monoisotopic (exact) mass is 267 g/mol. The average molecular weight is 267 g/mol. The molecule has 0 aromatic carbocycles. The number of amides is 2. The van der Waals surface area contributed by atoms with Crippen molar-refractivity contribution in [2.75, 3.05) is 13.2 Å². The van der Waals surface area contributed by atoms with Crippen LogP contribution in [0.3, 0.4) is 0 Å². The van der Waals surface area contributed by atoms with E-state index in [-0.39, 0.29) is 12.1 Å². The van der Waals surface area contributed by atoms with Gasteiger partial charge in [-0.15, -0.1) is 0 Å². The number of nitrogens with one attached hydrogen (secondary N) is 2. The lowest BCUT2D eigenvalue weighted by Gasteiger charge is -2.28. The number of ether oxygens (including phenoxy) is 1. The van der Waals surface area contributed by atoms with Crippen molar-refractivity contribution >= 4 is 6.03 Å². The minimum absolute atomic E-state index is 0.108. The second-order valence-corrected chi connectivity index (χ2v) is 5.03. The Labute approximate surface area is 112 Å². The molecule has 0 spiro atoms. The van der Waals surface area contributed by atoms with Gasteiger partial charge in [-0.3, -0.25) is 0 Å². The number of aromatic nitrogens is 1. The van der Waals surface area contributed by atoms with Gasteiger partial charge in [0.25, 0.3) is 0 Å². The highest BCUT2D eigenvalue weighted by Gasteiger charge is 2.21. The first-order valence-corrected chi connectivity index (χ1v) is 6.69. The molecule has 106 valence electrons. The molecule has 0 bridgehead atoms. The molecule has 2 rings (SSSR count). The first-order valence-electron chi connectivity index (χ1n) is 6.69. The molecule has 1 aliphatic heterocycles. The van der Waals surface area contributed by atoms with Crippen molar-refractivity contribution in [3.8, 4) is 0 Å². The van der Waals surface area contributed by atoms with Gasteiger partial charge < -0.3 is 19.9 Å². The molecule has 0 radical (unpaired) electrons. The molecule has 1 aliphatic rings. The molecule has 2 N–H and O–H groups in total. The lowest BCUT2D eigenvalue weighted by Crippen LogP contribution is -2.45. The number of nitrogens with zero attached hydrogens (tertiary/aromatic N) is 1. The summed E-state index contributed by atoms with van der Waals surface area (Å²) in [5, 5.41) is 9.46. The van der Waals surface area contributed by atoms with Crippen molar-refractivity contribution in [1.82, 2.24) is 15.8 Å². The van der Waals surface area contributed by atoms with Crippen molar-refractivity contribution in [2.24, 2.45) is 5.92 Å². The predicted octanol–water partition coefficient (Wildman–Crippen LogP) is 1.60. The molecule has 0 aliphatic carbocycles. The van der Waals surface area contributed by atoms with E-state index < -0.39 is 0 Å². The molecule has 1 fully saturated rings. The van der Waals surface area contributed by atoms with Crippen LogP contribution < -0.4 is 10.6 Å². The number of carbonyl (C=O) groups excluding carboxylic acids is 1. The van der Waals surface area contributed by atoms with Gasteiger partial charge >= 0.3 is 6.03 Å². The third-order valence-electron chi connectivity index (χ3n) is 3.36. The number of aryl methyl sites for hydroxylation is 1. The van der Waals surface area contributed by atoms with Gasteiger partial charge in [0, 0.05) is 24.6 Å². The summed E-state index contributed by atoms with van der Waals surface area (Å²) >= 11 is 0. The van der Waals surface area contributed by atoms with E-state index in [2.05, 4.69) is 15.8 Å². The van der Waals surface area contributed by atoms with Crippen LogP contribution in [0.25, 0.3) is 0 Å². The Kier molecular flexibility index (Phi) is 4.79. The maximum absolute atomic E-state index is 11.8. The molecular formula is C13H21N3O3. The lowest BCUT2D eigenvalue weighted by molar-refractivity contribution is 0.0435. The van der Waals surface area contributed by atoms with Gasteiger partial charge in [0.05, 0.1) is 18.8 Å². The zero-order valence-corrected chi connectivity index (χ0v) is 11.4. The third-order valence-corrected chi connectivity index (χ3v) is 3.36. The summed E-state index contributed by atoms with van der Waals surface area (Å²) in [6.45, 7) is 5.76. The Morgan fingerprint density at radius 2 is 2.47 bits per heavy atom. The lowest BCUT2D eigenvalue weighted by atomic mass is 9.95. The molecule has 2 unspecified atom stereocenters. The van der Waals surface area contributed by atoms with Crippen LogP contribution in [0.4, 0.5) is 4.79 Å². The second kappa shape index (κ2) is 6.56. The molecule has 6 nitrogen and oxygen atoms in total. The minimum atomic E-state index is -0.188. The number of urea groups is 1. The van der Waals surface area contributed by atoms with Crippen molar-refractivity contribution < 1.29 is 14.1 Å². The second-order valence-electron chi connectivity index (χ2n) is 5.03. The SMILES string of the molecule is Cc1cc(CNC(=O)NC(C)C2CCCOC2)on1. The fraction of sp³-hybridized carbons (Fsp3) is 0.692. The van der Waals surface area contributed by atoms with Gasteiger partial charge in [-0.1, -0.05) is 5.16 Å². The number of hydrogen-bond acceptors (Lipinski definition) is 4. The van der Waals surface area contributed by atoms with E-state index in [4.69, 9.17) is 9.26 Å². The predicted molar refractivity (Wildman–Crippen MR) is 69.6 cm³/mol. The van der Waals surface area contributed by atoms with Gasteiger partial charge in [0.15, 0.2) is 5.76 Å². The maximum Gasteiger partial charge on any atom is 0.315 e. The summed E-state index contributed by atoms with van der Waals surface area (Å²) in [7, 11) is 0. The summed E-state index contributed by atoms with van der Waals surface area (Å²) in [4.78, 5) is 11.8. The van der Waals surface area contributed by atoms with Crippen molar-refractivity contribution in [3.63, 3.8) is 0 Å². The topological polar surface area (TPSA) is 76.4 Å². The first kappa shape index (κ1) is 13.9. The number of carbonyl (C=O) groups is 1. The summed E-state index contributed by atoms with van der Waals surface area (Å²) in [5.74, 6) is 1.05. The first-order chi connectivity index (χ1) is 9.15. The van der Waals surface area contributed by atoms with Crippen LogP contribution in [0.2, 0.25) is 0 Å². The molecule has 2 heterocycles. The Balaban J connectivity index is 1.71. The van der Waals surface area contributed by atoms with Gasteiger partial charge in [-0.05, 0) is 26.7 Å². The third kappa shape index (κ3) is 4.24. The van der Waals surface area contributed by atoms with E-state index >= 15 is 0 Å². The van der Waals surface area contributed by atoms with Crippen LogP contribution in [-0.2, 0) is 11.3 Å². The van der Waals surface area contributed by atoms with E-state index in [0.29, 0.717) is 18.2 Å². The fourth-order valence-electron chi connectivity index (χ4n) is 2.20. The van der Waals surface area contributed by atoms with E-state index in [1.54, 1.807) is 6.07 Å². The van der Waals surface area contributed by atoms with Crippen LogP contribution in [0.15, 0.2) is 10.6 Å². The van der Waals surface area contributed by atoms with E-state index in [1.807, 2.05) is 13.8 Å². The van der Waals surface area contributed by atoms with Gasteiger partial charge in [-0.2, -0.15) is 0 Å². The van der Waals surface area contributed by atoms with E-state index in [1.165, 1.54) is 0 Å². The van der Waals surface area contributed by atoms with Crippen LogP contribution >= 0.6 is 0 Å². The summed E-state index contributed by atoms with van der Waals surface area (Å²) < 4.78 is 10.4. The summed E-state index contributed by atoms with van der Waals surface area (Å²) in [6.07, 6.45) is 2.17. The van der Waals surface area contributed by atoms with Gasteiger partial charge in [0.2, 0.25) is 0 Å². The largest absolute Gasteiger partial charge is 0.381 e. The molecule has 1 saturated heterocycles. The van der Waals surface area contributed by atoms with E-state index in [9.17, 15) is 4.79 Å². The zero-order chi connectivity index (χ0) is 13.7. The van der Waals surface area contributed by atoms with Crippen molar-refractivity contribution in [3.05, 3.63) is 17.5 Å². The molecule has 6 heteroatoms. The summed E-state index contributed by atoms with van der Waals surface area (Å²) in [5.41, 5.74) is 0.810. The smallest absolute Gasteiger partial charge is 0.315 e. The van der Waals surface area contributed by atoms with Crippen molar-refractivity contribution in [1.29, 1.82) is 0 Å². The molecule has 2 atom stereocenters. The average Bonchev–Trinajstić information content (AvgIpc) is 2.83. The Bertz CT molecular complexity index is 413. The van der Waals surface area contributed by atoms with Crippen LogP contribution in [-0.4, -0.2) is 30.4 Å². The fourth-order valence-corrected chi connectivity index (χ4v) is 2.20. The molecule has 2 amide bonds. The van der Waals surface area contributed by atoms with Gasteiger partial charge in [-0.25, -0.2) is 4.79 Å². The molecule has 19 heavy (non-hydrogen) atoms. The zero-order valence-electron chi connectivity index (χ0n) is 11.4.